The van der Waals surface area contributed by atoms with Crippen LogP contribution in [0.4, 0.5) is 0 Å². The zero-order valence-corrected chi connectivity index (χ0v) is 9.83. The summed E-state index contributed by atoms with van der Waals surface area (Å²) in [5.74, 6) is -0.818. The van der Waals surface area contributed by atoms with Gasteiger partial charge in [-0.25, -0.2) is 0 Å². The van der Waals surface area contributed by atoms with E-state index in [2.05, 4.69) is 0 Å². The van der Waals surface area contributed by atoms with Crippen molar-refractivity contribution in [2.75, 3.05) is 0 Å². The van der Waals surface area contributed by atoms with E-state index in [0.717, 1.165) is 25.7 Å². The van der Waals surface area contributed by atoms with E-state index >= 15 is 0 Å². The van der Waals surface area contributed by atoms with Crippen LogP contribution < -0.4 is 0 Å². The van der Waals surface area contributed by atoms with Gasteiger partial charge in [0.25, 0.3) is 0 Å². The van der Waals surface area contributed by atoms with Crippen LogP contribution in [0.5, 0.6) is 0 Å². The maximum Gasteiger partial charge on any atom is 0.303 e. The first kappa shape index (κ1) is 14.8. The van der Waals surface area contributed by atoms with Crippen molar-refractivity contribution in [3.05, 3.63) is 0 Å². The summed E-state index contributed by atoms with van der Waals surface area (Å²) in [6, 6.07) is 0. The monoisotopic (exact) mass is 228 g/mol. The quantitative estimate of drug-likeness (QED) is 0.460. The lowest BCUT2D eigenvalue weighted by Crippen LogP contribution is -2.03. The van der Waals surface area contributed by atoms with Crippen LogP contribution >= 0.6 is 0 Å². The smallest absolute Gasteiger partial charge is 0.303 e. The Kier molecular flexibility index (Phi) is 8.39. The Morgan fingerprint density at radius 1 is 0.875 bits per heavy atom. The number of hydrogen-bond acceptors (Lipinski definition) is 3. The largest absolute Gasteiger partial charge is 0.481 e. The van der Waals surface area contributed by atoms with Gasteiger partial charge in [0.15, 0.2) is 0 Å². The lowest BCUT2D eigenvalue weighted by Gasteiger charge is -2.00. The summed E-state index contributed by atoms with van der Waals surface area (Å²) in [6.45, 7) is 1.42. The maximum absolute atomic E-state index is 11.1. The fourth-order valence-corrected chi connectivity index (χ4v) is 1.49. The number of carboxylic acids is 1. The number of carbonyl (C=O) groups is 3. The Hall–Kier alpha value is -1.19. The lowest BCUT2D eigenvalue weighted by atomic mass is 10.1. The molecule has 0 aromatic carbocycles. The van der Waals surface area contributed by atoms with E-state index in [1.165, 1.54) is 6.92 Å². The minimum atomic E-state index is -0.753. The van der Waals surface area contributed by atoms with Crippen LogP contribution in [0.15, 0.2) is 0 Å². The molecule has 0 radical (unpaired) electrons. The minimum absolute atomic E-state index is 0.0121. The Labute approximate surface area is 96.0 Å². The summed E-state index contributed by atoms with van der Waals surface area (Å²) >= 11 is 0. The van der Waals surface area contributed by atoms with Gasteiger partial charge in [0.1, 0.15) is 11.6 Å². The van der Waals surface area contributed by atoms with Crippen LogP contribution in [0.25, 0.3) is 0 Å². The summed E-state index contributed by atoms with van der Waals surface area (Å²) in [4.78, 5) is 32.0. The third-order valence-electron chi connectivity index (χ3n) is 2.29. The van der Waals surface area contributed by atoms with Crippen molar-refractivity contribution in [3.8, 4) is 0 Å². The molecule has 0 aromatic rings. The molecule has 4 heteroatoms. The predicted octanol–water partition coefficient (Wildman–Crippen LogP) is 2.35. The van der Waals surface area contributed by atoms with Gasteiger partial charge in [-0.3, -0.25) is 14.4 Å². The van der Waals surface area contributed by atoms with E-state index < -0.39 is 5.97 Å². The Balaban J connectivity index is 3.24. The third-order valence-corrected chi connectivity index (χ3v) is 2.29. The van der Waals surface area contributed by atoms with E-state index in [0.29, 0.717) is 12.8 Å². The second-order valence-electron chi connectivity index (χ2n) is 4.08. The maximum atomic E-state index is 11.1. The van der Waals surface area contributed by atoms with Crippen LogP contribution in [0, 0.1) is 0 Å². The highest BCUT2D eigenvalue weighted by Crippen LogP contribution is 2.08. The molecule has 1 N–H and O–H groups in total. The molecule has 0 amide bonds. The van der Waals surface area contributed by atoms with E-state index in [9.17, 15) is 14.4 Å². The molecule has 0 saturated heterocycles. The topological polar surface area (TPSA) is 71.4 Å². The van der Waals surface area contributed by atoms with Gasteiger partial charge in [0.05, 0.1) is 6.42 Å². The van der Waals surface area contributed by atoms with Gasteiger partial charge >= 0.3 is 5.97 Å². The van der Waals surface area contributed by atoms with Gasteiger partial charge in [-0.1, -0.05) is 19.3 Å². The molecule has 4 nitrogen and oxygen atoms in total. The highest BCUT2D eigenvalue weighted by molar-refractivity contribution is 5.97. The van der Waals surface area contributed by atoms with Crippen LogP contribution in [-0.2, 0) is 14.4 Å². The van der Waals surface area contributed by atoms with Crippen molar-refractivity contribution < 1.29 is 19.5 Å². The van der Waals surface area contributed by atoms with Gasteiger partial charge < -0.3 is 5.11 Å². The molecule has 0 fully saturated rings. The van der Waals surface area contributed by atoms with E-state index in [1.54, 1.807) is 0 Å². The van der Waals surface area contributed by atoms with Gasteiger partial charge in [-0.15, -0.1) is 0 Å². The normalized spacial score (nSPS) is 10.1. The van der Waals surface area contributed by atoms with E-state index in [1.807, 2.05) is 0 Å². The summed E-state index contributed by atoms with van der Waals surface area (Å²) in [6.07, 6.45) is 5.05. The highest BCUT2D eigenvalue weighted by Gasteiger charge is 2.04. The summed E-state index contributed by atoms with van der Waals surface area (Å²) in [5, 5.41) is 8.40. The van der Waals surface area contributed by atoms with E-state index in [-0.39, 0.29) is 24.4 Å². The number of Topliss-reactive ketones (excluding diaryl/α,β-unsaturated/α-hetero) is 2. The molecule has 0 aliphatic rings. The van der Waals surface area contributed by atoms with Crippen molar-refractivity contribution in [1.82, 2.24) is 0 Å². The van der Waals surface area contributed by atoms with Crippen molar-refractivity contribution >= 4 is 17.5 Å². The number of ketones is 2. The summed E-state index contributed by atoms with van der Waals surface area (Å²) in [5.41, 5.74) is 0. The van der Waals surface area contributed by atoms with Crippen LogP contribution in [0.2, 0.25) is 0 Å². The summed E-state index contributed by atoms with van der Waals surface area (Å²) < 4.78 is 0. The number of aliphatic carboxylic acids is 1. The fraction of sp³-hybridized carbons (Fsp3) is 0.750. The van der Waals surface area contributed by atoms with E-state index in [4.69, 9.17) is 5.11 Å². The molecule has 0 aromatic heterocycles. The predicted molar refractivity (Wildman–Crippen MR) is 60.3 cm³/mol. The van der Waals surface area contributed by atoms with Crippen LogP contribution in [0.1, 0.15) is 58.3 Å². The summed E-state index contributed by atoms with van der Waals surface area (Å²) in [7, 11) is 0. The molecular weight excluding hydrogens is 208 g/mol. The molecule has 16 heavy (non-hydrogen) atoms. The molecule has 0 spiro atoms. The molecule has 0 rings (SSSR count). The second kappa shape index (κ2) is 9.07. The van der Waals surface area contributed by atoms with Crippen molar-refractivity contribution in [2.45, 2.75) is 58.3 Å². The Bertz CT molecular complexity index is 245. The number of rotatable bonds is 10. The first-order chi connectivity index (χ1) is 7.52. The molecule has 0 saturated carbocycles. The van der Waals surface area contributed by atoms with Crippen molar-refractivity contribution in [1.29, 1.82) is 0 Å². The number of hydrogen-bond donors (Lipinski definition) is 1. The molecule has 0 unspecified atom stereocenters. The standard InChI is InChI=1S/C12H20O4/c1-10(13)9-11(14)7-5-3-2-4-6-8-12(15)16/h2-9H2,1H3,(H,15,16). The third kappa shape index (κ3) is 10.9. The second-order valence-corrected chi connectivity index (χ2v) is 4.08. The fourth-order valence-electron chi connectivity index (χ4n) is 1.49. The highest BCUT2D eigenvalue weighted by atomic mass is 16.4. The van der Waals surface area contributed by atoms with Crippen molar-refractivity contribution in [2.24, 2.45) is 0 Å². The average molecular weight is 228 g/mol. The van der Waals surface area contributed by atoms with Crippen LogP contribution in [0.3, 0.4) is 0 Å². The first-order valence-electron chi connectivity index (χ1n) is 5.75. The molecule has 92 valence electrons. The van der Waals surface area contributed by atoms with Gasteiger partial charge in [0, 0.05) is 12.8 Å². The molecule has 0 bridgehead atoms. The SMILES string of the molecule is CC(=O)CC(=O)CCCCCCCC(=O)O. The van der Waals surface area contributed by atoms with Crippen molar-refractivity contribution in [3.63, 3.8) is 0 Å². The zero-order valence-electron chi connectivity index (χ0n) is 9.83. The molecule has 0 aliphatic heterocycles. The Morgan fingerprint density at radius 3 is 1.88 bits per heavy atom. The molecule has 0 heterocycles. The number of unbranched alkanes of at least 4 members (excludes halogenated alkanes) is 4. The number of carboxylic acid groups (broad SMARTS) is 1. The average Bonchev–Trinajstić information content (AvgIpc) is 2.14. The molecule has 0 atom stereocenters. The zero-order chi connectivity index (χ0) is 12.4. The van der Waals surface area contributed by atoms with Gasteiger partial charge in [0.2, 0.25) is 0 Å². The van der Waals surface area contributed by atoms with Gasteiger partial charge in [-0.05, 0) is 19.8 Å². The Morgan fingerprint density at radius 2 is 1.38 bits per heavy atom. The minimum Gasteiger partial charge on any atom is -0.481 e. The molecule has 0 aliphatic carbocycles. The van der Waals surface area contributed by atoms with Gasteiger partial charge in [-0.2, -0.15) is 0 Å². The number of carbonyl (C=O) groups excluding carboxylic acids is 2. The van der Waals surface area contributed by atoms with Crippen LogP contribution in [-0.4, -0.2) is 22.6 Å². The lowest BCUT2D eigenvalue weighted by molar-refractivity contribution is -0.137. The molecular formula is C12H20O4. The first-order valence-corrected chi connectivity index (χ1v) is 5.75.